The maximum Gasteiger partial charge on any atom is 0.0539 e. The fourth-order valence-corrected chi connectivity index (χ4v) is 2.73. The van der Waals surface area contributed by atoms with Crippen molar-refractivity contribution >= 4 is 17.3 Å². The van der Waals surface area contributed by atoms with Gasteiger partial charge in [0, 0.05) is 10.7 Å². The van der Waals surface area contributed by atoms with E-state index in [0.717, 1.165) is 17.4 Å². The van der Waals surface area contributed by atoms with Gasteiger partial charge in [-0.15, -0.1) is 0 Å². The molecule has 12 heavy (non-hydrogen) atoms. The highest BCUT2D eigenvalue weighted by Crippen LogP contribution is 2.45. The van der Waals surface area contributed by atoms with E-state index in [9.17, 15) is 0 Å². The van der Waals surface area contributed by atoms with E-state index in [-0.39, 0.29) is 0 Å². The zero-order valence-electron chi connectivity index (χ0n) is 7.02. The molecular formula is C10H12ClN. The fraction of sp³-hybridized carbons (Fsp3) is 0.700. The molecule has 2 saturated carbocycles. The Bertz CT molecular complexity index is 290. The van der Waals surface area contributed by atoms with Crippen LogP contribution in [0.3, 0.4) is 0 Å². The van der Waals surface area contributed by atoms with Gasteiger partial charge in [0.2, 0.25) is 0 Å². The zero-order valence-corrected chi connectivity index (χ0v) is 7.77. The number of hydrogen-bond acceptors (Lipinski definition) is 1. The maximum absolute atomic E-state index is 6.24. The number of hydrogen-bond donors (Lipinski definition) is 0. The third-order valence-electron chi connectivity index (χ3n) is 3.16. The molecule has 1 nitrogen and oxygen atoms in total. The summed E-state index contributed by atoms with van der Waals surface area (Å²) in [6, 6.07) is 0.643. The molecule has 0 amide bonds. The molecule has 0 radical (unpaired) electrons. The summed E-state index contributed by atoms with van der Waals surface area (Å²) in [7, 11) is 0. The van der Waals surface area contributed by atoms with Crippen LogP contribution in [0.1, 0.15) is 32.1 Å². The van der Waals surface area contributed by atoms with Crippen molar-refractivity contribution in [3.63, 3.8) is 0 Å². The Hall–Kier alpha value is -0.300. The second-order valence-corrected chi connectivity index (χ2v) is 4.54. The molecule has 3 aliphatic rings. The number of nitrogens with zero attached hydrogens (tertiary/aromatic N) is 1. The third kappa shape index (κ3) is 0.957. The molecule has 64 valence electrons. The van der Waals surface area contributed by atoms with Crippen LogP contribution >= 0.6 is 11.6 Å². The Labute approximate surface area is 77.5 Å². The molecule has 0 spiro atoms. The number of rotatable bonds is 0. The molecular weight excluding hydrogens is 170 g/mol. The van der Waals surface area contributed by atoms with E-state index >= 15 is 0 Å². The van der Waals surface area contributed by atoms with Crippen LogP contribution in [0.2, 0.25) is 0 Å². The first-order valence-corrected chi connectivity index (χ1v) is 5.17. The minimum atomic E-state index is 0.643. The van der Waals surface area contributed by atoms with E-state index < -0.39 is 0 Å². The molecule has 0 N–H and O–H groups in total. The average Bonchev–Trinajstić information content (AvgIpc) is 2.61. The summed E-state index contributed by atoms with van der Waals surface area (Å²) in [5, 5.41) is 1.12. The van der Waals surface area contributed by atoms with Gasteiger partial charge in [-0.1, -0.05) is 11.6 Å². The SMILES string of the molecule is ClC1=C2CCCC2=NC2CC2C1. The highest BCUT2D eigenvalue weighted by atomic mass is 35.5. The van der Waals surface area contributed by atoms with Crippen molar-refractivity contribution in [3.8, 4) is 0 Å². The minimum Gasteiger partial charge on any atom is -0.286 e. The molecule has 2 aliphatic carbocycles. The van der Waals surface area contributed by atoms with E-state index in [1.54, 1.807) is 0 Å². The van der Waals surface area contributed by atoms with Gasteiger partial charge in [0.05, 0.1) is 6.04 Å². The summed E-state index contributed by atoms with van der Waals surface area (Å²) in [6.07, 6.45) is 6.01. The Balaban J connectivity index is 2.04. The van der Waals surface area contributed by atoms with E-state index in [0.29, 0.717) is 6.04 Å². The lowest BCUT2D eigenvalue weighted by Gasteiger charge is -2.00. The lowest BCUT2D eigenvalue weighted by atomic mass is 10.1. The summed E-state index contributed by atoms with van der Waals surface area (Å²) in [4.78, 5) is 4.74. The first-order valence-electron chi connectivity index (χ1n) is 4.79. The lowest BCUT2D eigenvalue weighted by molar-refractivity contribution is 0.798. The number of fused-ring (bicyclic) bond motifs is 2. The molecule has 2 fully saturated rings. The zero-order chi connectivity index (χ0) is 8.13. The predicted octanol–water partition coefficient (Wildman–Crippen LogP) is 2.90. The molecule has 2 atom stereocenters. The standard InChI is InChI=1S/C10H12ClN/c11-8-4-6-5-10(6)12-9-3-1-2-7(8)9/h6,10H,1-5H2. The molecule has 0 aromatic rings. The van der Waals surface area contributed by atoms with Gasteiger partial charge < -0.3 is 0 Å². The van der Waals surface area contributed by atoms with Crippen LogP contribution < -0.4 is 0 Å². The Kier molecular flexibility index (Phi) is 1.40. The van der Waals surface area contributed by atoms with Crippen LogP contribution in [0.25, 0.3) is 0 Å². The van der Waals surface area contributed by atoms with Crippen LogP contribution in [-0.2, 0) is 0 Å². The van der Waals surface area contributed by atoms with E-state index in [2.05, 4.69) is 0 Å². The second kappa shape index (κ2) is 2.35. The van der Waals surface area contributed by atoms with Gasteiger partial charge in [-0.2, -0.15) is 0 Å². The highest BCUT2D eigenvalue weighted by molar-refractivity contribution is 6.32. The van der Waals surface area contributed by atoms with Crippen LogP contribution in [0, 0.1) is 5.92 Å². The van der Waals surface area contributed by atoms with Crippen molar-refractivity contribution in [2.45, 2.75) is 38.1 Å². The monoisotopic (exact) mass is 181 g/mol. The van der Waals surface area contributed by atoms with Crippen LogP contribution in [0.5, 0.6) is 0 Å². The van der Waals surface area contributed by atoms with Gasteiger partial charge in [0.15, 0.2) is 0 Å². The van der Waals surface area contributed by atoms with Crippen molar-refractivity contribution in [1.82, 2.24) is 0 Å². The van der Waals surface area contributed by atoms with Crippen molar-refractivity contribution in [2.75, 3.05) is 0 Å². The van der Waals surface area contributed by atoms with E-state index in [4.69, 9.17) is 16.6 Å². The molecule has 3 rings (SSSR count). The molecule has 2 heteroatoms. The molecule has 0 saturated heterocycles. The van der Waals surface area contributed by atoms with Crippen molar-refractivity contribution < 1.29 is 0 Å². The van der Waals surface area contributed by atoms with Gasteiger partial charge in [0.1, 0.15) is 0 Å². The average molecular weight is 182 g/mol. The van der Waals surface area contributed by atoms with Gasteiger partial charge >= 0.3 is 0 Å². The smallest absolute Gasteiger partial charge is 0.0539 e. The van der Waals surface area contributed by atoms with Crippen LogP contribution in [0.4, 0.5) is 0 Å². The van der Waals surface area contributed by atoms with Gasteiger partial charge in [-0.3, -0.25) is 4.99 Å². The van der Waals surface area contributed by atoms with Crippen molar-refractivity contribution in [2.24, 2.45) is 10.9 Å². The molecule has 0 aromatic carbocycles. The second-order valence-electron chi connectivity index (χ2n) is 4.08. The summed E-state index contributed by atoms with van der Waals surface area (Å²) in [5.41, 5.74) is 2.73. The Morgan fingerprint density at radius 1 is 1.33 bits per heavy atom. The number of halogens is 1. The first-order chi connectivity index (χ1) is 5.84. The largest absolute Gasteiger partial charge is 0.286 e. The van der Waals surface area contributed by atoms with E-state index in [1.165, 1.54) is 37.0 Å². The molecule has 1 heterocycles. The quantitative estimate of drug-likeness (QED) is 0.545. The predicted molar refractivity (Wildman–Crippen MR) is 50.7 cm³/mol. The lowest BCUT2D eigenvalue weighted by Crippen LogP contribution is -1.95. The maximum atomic E-state index is 6.24. The minimum absolute atomic E-state index is 0.643. The molecule has 2 unspecified atom stereocenters. The van der Waals surface area contributed by atoms with E-state index in [1.807, 2.05) is 0 Å². The summed E-state index contributed by atoms with van der Waals surface area (Å²) in [6.45, 7) is 0. The highest BCUT2D eigenvalue weighted by Gasteiger charge is 2.40. The third-order valence-corrected chi connectivity index (χ3v) is 3.55. The molecule has 0 aromatic heterocycles. The molecule has 0 bridgehead atoms. The summed E-state index contributed by atoms with van der Waals surface area (Å²) >= 11 is 6.24. The summed E-state index contributed by atoms with van der Waals surface area (Å²) in [5.74, 6) is 0.795. The van der Waals surface area contributed by atoms with Crippen molar-refractivity contribution in [3.05, 3.63) is 10.6 Å². The van der Waals surface area contributed by atoms with Gasteiger partial charge in [0.25, 0.3) is 0 Å². The van der Waals surface area contributed by atoms with Gasteiger partial charge in [-0.25, -0.2) is 0 Å². The fourth-order valence-electron chi connectivity index (χ4n) is 2.33. The normalized spacial score (nSPS) is 38.6. The van der Waals surface area contributed by atoms with Gasteiger partial charge in [-0.05, 0) is 43.6 Å². The van der Waals surface area contributed by atoms with Crippen LogP contribution in [0.15, 0.2) is 15.6 Å². The summed E-state index contributed by atoms with van der Waals surface area (Å²) < 4.78 is 0. The Morgan fingerprint density at radius 3 is 3.17 bits per heavy atom. The van der Waals surface area contributed by atoms with Crippen LogP contribution in [-0.4, -0.2) is 11.8 Å². The first kappa shape index (κ1) is 7.14. The van der Waals surface area contributed by atoms with Crippen molar-refractivity contribution in [1.29, 1.82) is 0 Å². The molecule has 1 aliphatic heterocycles. The Morgan fingerprint density at radius 2 is 2.25 bits per heavy atom. The topological polar surface area (TPSA) is 12.4 Å². The number of aliphatic imine (C=N–C) groups is 1. The number of allylic oxidation sites excluding steroid dienone is 2.